The van der Waals surface area contributed by atoms with Crippen molar-refractivity contribution in [2.75, 3.05) is 46.1 Å². The van der Waals surface area contributed by atoms with Gasteiger partial charge in [0, 0.05) is 20.1 Å². The third kappa shape index (κ3) is 5.13. The van der Waals surface area contributed by atoms with E-state index in [0.29, 0.717) is 23.2 Å². The van der Waals surface area contributed by atoms with Gasteiger partial charge in [-0.05, 0) is 36.9 Å². The summed E-state index contributed by atoms with van der Waals surface area (Å²) in [7, 11) is 5.61. The van der Waals surface area contributed by atoms with Crippen molar-refractivity contribution in [3.05, 3.63) is 21.0 Å². The van der Waals surface area contributed by atoms with E-state index in [9.17, 15) is 9.59 Å². The third-order valence-corrected chi connectivity index (χ3v) is 3.84. The molecular formula is C13H22BrN5O2. The molecule has 0 atom stereocenters. The summed E-state index contributed by atoms with van der Waals surface area (Å²) in [6.45, 7) is 3.92. The van der Waals surface area contributed by atoms with E-state index < -0.39 is 0 Å². The van der Waals surface area contributed by atoms with E-state index in [-0.39, 0.29) is 18.0 Å². The summed E-state index contributed by atoms with van der Waals surface area (Å²) in [5.41, 5.74) is 0.317. The molecule has 0 unspecified atom stereocenters. The number of anilines is 1. The van der Waals surface area contributed by atoms with E-state index in [1.807, 2.05) is 25.9 Å². The molecule has 1 amide bonds. The molecular weight excluding hydrogens is 338 g/mol. The molecule has 0 saturated carbocycles. The first-order valence-electron chi connectivity index (χ1n) is 6.75. The molecule has 1 aromatic heterocycles. The highest BCUT2D eigenvalue weighted by Gasteiger charge is 2.11. The number of likely N-dealkylation sites (N-methyl/N-ethyl adjacent to an activating group) is 2. The van der Waals surface area contributed by atoms with Crippen LogP contribution in [0.3, 0.4) is 0 Å². The van der Waals surface area contributed by atoms with E-state index in [2.05, 4.69) is 26.3 Å². The summed E-state index contributed by atoms with van der Waals surface area (Å²) in [4.78, 5) is 27.4. The van der Waals surface area contributed by atoms with Crippen molar-refractivity contribution >= 4 is 27.5 Å². The number of halogens is 1. The zero-order valence-corrected chi connectivity index (χ0v) is 14.5. The predicted octanol–water partition coefficient (Wildman–Crippen LogP) is 0.458. The molecule has 0 radical (unpaired) electrons. The van der Waals surface area contributed by atoms with E-state index in [0.717, 1.165) is 6.54 Å². The number of hydrogen-bond acceptors (Lipinski definition) is 5. The molecule has 0 bridgehead atoms. The number of nitrogens with one attached hydrogen (secondary N) is 1. The summed E-state index contributed by atoms with van der Waals surface area (Å²) in [5.74, 6) is -0.0406. The van der Waals surface area contributed by atoms with Crippen LogP contribution in [0.25, 0.3) is 0 Å². The molecule has 8 heteroatoms. The second-order valence-corrected chi connectivity index (χ2v) is 5.76. The van der Waals surface area contributed by atoms with E-state index in [1.54, 1.807) is 18.1 Å². The van der Waals surface area contributed by atoms with Gasteiger partial charge in [0.05, 0.1) is 25.0 Å². The fourth-order valence-electron chi connectivity index (χ4n) is 1.52. The zero-order chi connectivity index (χ0) is 16.0. The molecule has 118 valence electrons. The molecule has 7 nitrogen and oxygen atoms in total. The molecule has 1 N–H and O–H groups in total. The Morgan fingerprint density at radius 3 is 2.67 bits per heavy atom. The lowest BCUT2D eigenvalue weighted by molar-refractivity contribution is -0.127. The van der Waals surface area contributed by atoms with Gasteiger partial charge in [-0.15, -0.1) is 0 Å². The van der Waals surface area contributed by atoms with Gasteiger partial charge in [-0.3, -0.25) is 9.59 Å². The van der Waals surface area contributed by atoms with Gasteiger partial charge in [-0.1, -0.05) is 0 Å². The van der Waals surface area contributed by atoms with Gasteiger partial charge in [-0.2, -0.15) is 5.10 Å². The SMILES string of the molecule is CCN(C)C(=O)CNc1cnn(CCN(C)C)c(=O)c1Br. The summed E-state index contributed by atoms with van der Waals surface area (Å²) in [6, 6.07) is 0. The van der Waals surface area contributed by atoms with E-state index in [1.165, 1.54) is 4.68 Å². The highest BCUT2D eigenvalue weighted by atomic mass is 79.9. The maximum Gasteiger partial charge on any atom is 0.283 e. The normalized spacial score (nSPS) is 10.8. The number of rotatable bonds is 7. The van der Waals surface area contributed by atoms with Crippen molar-refractivity contribution in [1.29, 1.82) is 0 Å². The molecule has 0 aliphatic heterocycles. The number of amides is 1. The monoisotopic (exact) mass is 359 g/mol. The molecule has 0 saturated heterocycles. The predicted molar refractivity (Wildman–Crippen MR) is 86.6 cm³/mol. The van der Waals surface area contributed by atoms with Crippen molar-refractivity contribution in [1.82, 2.24) is 19.6 Å². The van der Waals surface area contributed by atoms with Gasteiger partial charge < -0.3 is 15.1 Å². The van der Waals surface area contributed by atoms with Gasteiger partial charge in [0.1, 0.15) is 4.47 Å². The highest BCUT2D eigenvalue weighted by molar-refractivity contribution is 9.10. The number of carbonyl (C=O) groups is 1. The van der Waals surface area contributed by atoms with Gasteiger partial charge in [0.15, 0.2) is 0 Å². The third-order valence-electron chi connectivity index (χ3n) is 3.07. The highest BCUT2D eigenvalue weighted by Crippen LogP contribution is 2.15. The Morgan fingerprint density at radius 2 is 2.10 bits per heavy atom. The Kier molecular flexibility index (Phi) is 6.83. The van der Waals surface area contributed by atoms with Gasteiger partial charge >= 0.3 is 0 Å². The molecule has 0 aliphatic carbocycles. The molecule has 21 heavy (non-hydrogen) atoms. The number of aromatic nitrogens is 2. The van der Waals surface area contributed by atoms with Crippen LogP contribution in [0.15, 0.2) is 15.5 Å². The number of hydrogen-bond donors (Lipinski definition) is 1. The first-order chi connectivity index (χ1) is 9.86. The Hall–Kier alpha value is -1.41. The smallest absolute Gasteiger partial charge is 0.283 e. The van der Waals surface area contributed by atoms with Crippen molar-refractivity contribution in [2.45, 2.75) is 13.5 Å². The fraction of sp³-hybridized carbons (Fsp3) is 0.615. The van der Waals surface area contributed by atoms with Crippen molar-refractivity contribution in [3.63, 3.8) is 0 Å². The van der Waals surface area contributed by atoms with Crippen LogP contribution >= 0.6 is 15.9 Å². The van der Waals surface area contributed by atoms with Crippen LogP contribution in [0.5, 0.6) is 0 Å². The molecule has 0 spiro atoms. The Morgan fingerprint density at radius 1 is 1.43 bits per heavy atom. The topological polar surface area (TPSA) is 70.5 Å². The van der Waals surface area contributed by atoms with Crippen molar-refractivity contribution in [3.8, 4) is 0 Å². The van der Waals surface area contributed by atoms with Crippen LogP contribution in [-0.2, 0) is 11.3 Å². The van der Waals surface area contributed by atoms with Crippen LogP contribution in [0.2, 0.25) is 0 Å². The lowest BCUT2D eigenvalue weighted by Gasteiger charge is -2.16. The van der Waals surface area contributed by atoms with Crippen LogP contribution in [-0.4, -0.2) is 66.3 Å². The van der Waals surface area contributed by atoms with Crippen LogP contribution in [0.4, 0.5) is 5.69 Å². The quantitative estimate of drug-likeness (QED) is 0.765. The molecule has 1 heterocycles. The molecule has 1 aromatic rings. The first kappa shape index (κ1) is 17.6. The summed E-state index contributed by atoms with van der Waals surface area (Å²) in [6.07, 6.45) is 1.56. The molecule has 0 aliphatic rings. The van der Waals surface area contributed by atoms with Gasteiger partial charge in [-0.25, -0.2) is 4.68 Å². The zero-order valence-electron chi connectivity index (χ0n) is 12.9. The fourth-order valence-corrected chi connectivity index (χ4v) is 1.97. The lowest BCUT2D eigenvalue weighted by atomic mass is 10.4. The van der Waals surface area contributed by atoms with Gasteiger partial charge in [0.2, 0.25) is 5.91 Å². The molecule has 0 fully saturated rings. The summed E-state index contributed by atoms with van der Waals surface area (Å²) >= 11 is 3.27. The first-order valence-corrected chi connectivity index (χ1v) is 7.54. The lowest BCUT2D eigenvalue weighted by Crippen LogP contribution is -2.33. The summed E-state index contributed by atoms with van der Waals surface area (Å²) in [5, 5.41) is 7.05. The molecule has 0 aromatic carbocycles. The Bertz CT molecular complexity index is 544. The average molecular weight is 360 g/mol. The number of carbonyl (C=O) groups excluding carboxylic acids is 1. The molecule has 1 rings (SSSR count). The Labute approximate surface area is 133 Å². The van der Waals surface area contributed by atoms with Crippen molar-refractivity contribution in [2.24, 2.45) is 0 Å². The van der Waals surface area contributed by atoms with Crippen LogP contribution in [0.1, 0.15) is 6.92 Å². The maximum absolute atomic E-state index is 12.1. The Balaban J connectivity index is 2.76. The van der Waals surface area contributed by atoms with Crippen LogP contribution < -0.4 is 10.9 Å². The van der Waals surface area contributed by atoms with E-state index in [4.69, 9.17) is 0 Å². The summed E-state index contributed by atoms with van der Waals surface area (Å²) < 4.78 is 1.79. The van der Waals surface area contributed by atoms with Gasteiger partial charge in [0.25, 0.3) is 5.56 Å². The average Bonchev–Trinajstić information content (AvgIpc) is 2.46. The van der Waals surface area contributed by atoms with Crippen molar-refractivity contribution < 1.29 is 4.79 Å². The van der Waals surface area contributed by atoms with E-state index >= 15 is 0 Å². The second kappa shape index (κ2) is 8.14. The standard InChI is InChI=1S/C13H22BrN5O2/c1-5-18(4)11(20)9-15-10-8-16-19(7-6-17(2)3)13(21)12(10)14/h8,15H,5-7,9H2,1-4H3. The minimum atomic E-state index is -0.210. The maximum atomic E-state index is 12.1. The van der Waals surface area contributed by atoms with Crippen LogP contribution in [0, 0.1) is 0 Å². The second-order valence-electron chi connectivity index (χ2n) is 4.97. The minimum Gasteiger partial charge on any atom is -0.374 e. The minimum absolute atomic E-state index is 0.0406. The number of nitrogens with zero attached hydrogens (tertiary/aromatic N) is 4. The largest absolute Gasteiger partial charge is 0.374 e.